The van der Waals surface area contributed by atoms with Crippen LogP contribution in [0.3, 0.4) is 0 Å². The molecule has 1 aromatic rings. The van der Waals surface area contributed by atoms with Crippen LogP contribution in [0.4, 0.5) is 0 Å². The Morgan fingerprint density at radius 1 is 1.18 bits per heavy atom. The highest BCUT2D eigenvalue weighted by Gasteiger charge is 3.10. The summed E-state index contributed by atoms with van der Waals surface area (Å²) in [5.74, 6) is -5.23. The number of nitrogens with one attached hydrogen (secondary N) is 1. The second kappa shape index (κ2) is 7.66. The van der Waals surface area contributed by atoms with Crippen LogP contribution < -0.4 is 5.73 Å². The molecule has 4 aliphatic carbocycles. The summed E-state index contributed by atoms with van der Waals surface area (Å²) in [5.41, 5.74) is -10.1. The van der Waals surface area contributed by atoms with Crippen molar-refractivity contribution in [3.63, 3.8) is 0 Å². The molecular formula is C28H40N2O10. The number of nitrogens with two attached hydrogens (primary N) is 1. The number of ether oxygens (including phenoxy) is 3. The summed E-state index contributed by atoms with van der Waals surface area (Å²) in [6.45, 7) is 7.89. The first-order valence-electron chi connectivity index (χ1n) is 14.0. The number of aliphatic hydroxyl groups is 5. The molecule has 4 saturated carbocycles. The maximum absolute atomic E-state index is 13.4. The van der Waals surface area contributed by atoms with Gasteiger partial charge in [-0.1, -0.05) is 27.7 Å². The van der Waals surface area contributed by atoms with Crippen LogP contribution in [0.5, 0.6) is 0 Å². The second-order valence-electron chi connectivity index (χ2n) is 13.4. The zero-order chi connectivity index (χ0) is 29.5. The van der Waals surface area contributed by atoms with Gasteiger partial charge < -0.3 is 50.5 Å². The SMILES string of the molecule is CC(C)[C@]1(O)[C@@H](OC(=O)c2ccc[nH]2)[C@@]2(O)[C@@]3(C)C[C@@]4(O)O[C@@]5([C@H](OC(=O)CCN)[C@@H](C)CC[C@]35O)[C@@]2(O)[C@]41C. The maximum atomic E-state index is 13.4. The van der Waals surface area contributed by atoms with Crippen molar-refractivity contribution in [1.29, 1.82) is 0 Å². The lowest BCUT2D eigenvalue weighted by Gasteiger charge is -2.61. The van der Waals surface area contributed by atoms with Crippen LogP contribution in [0.15, 0.2) is 18.3 Å². The Balaban J connectivity index is 1.65. The highest BCUT2D eigenvalue weighted by atomic mass is 16.7. The third-order valence-corrected chi connectivity index (χ3v) is 11.9. The van der Waals surface area contributed by atoms with Crippen molar-refractivity contribution < 1.29 is 49.3 Å². The van der Waals surface area contributed by atoms with Crippen LogP contribution in [0.25, 0.3) is 0 Å². The molecule has 12 heteroatoms. The van der Waals surface area contributed by atoms with E-state index >= 15 is 0 Å². The van der Waals surface area contributed by atoms with E-state index in [1.54, 1.807) is 26.8 Å². The van der Waals surface area contributed by atoms with Crippen LogP contribution in [0, 0.1) is 22.7 Å². The lowest BCUT2D eigenvalue weighted by atomic mass is 9.52. The molecule has 40 heavy (non-hydrogen) atoms. The standard InChI is InChI=1S/C28H40N2O10/c1-14(2)25(35)20(39-19(32)16-7-6-12-30-16)26(36)21(4)13-24(34)22(25,5)28(26,37)27(40-24)18(38-17(31)9-11-29)15(3)8-10-23(21,27)33/h6-7,12,14-15,18,20,30,33-37H,8-11,13,29H2,1-5H3/t15-,18+,20+,21-,22+,23-,24+,25-,26+,27+,28+/m0/s1. The molecule has 6 fully saturated rings. The lowest BCUT2D eigenvalue weighted by Crippen LogP contribution is -2.75. The summed E-state index contributed by atoms with van der Waals surface area (Å²) in [7, 11) is 0. The molecule has 6 aliphatic rings. The summed E-state index contributed by atoms with van der Waals surface area (Å²) < 4.78 is 18.2. The van der Waals surface area contributed by atoms with Crippen molar-refractivity contribution in [2.24, 2.45) is 28.4 Å². The van der Waals surface area contributed by atoms with Gasteiger partial charge in [-0.05, 0) is 43.7 Å². The fourth-order valence-corrected chi connectivity index (χ4v) is 10.1. The van der Waals surface area contributed by atoms with Gasteiger partial charge in [-0.3, -0.25) is 4.79 Å². The zero-order valence-corrected chi connectivity index (χ0v) is 23.4. The number of aromatic nitrogens is 1. The third kappa shape index (κ3) is 2.31. The van der Waals surface area contributed by atoms with Gasteiger partial charge in [-0.25, -0.2) is 4.79 Å². The lowest BCUT2D eigenvalue weighted by molar-refractivity contribution is -0.390. The van der Waals surface area contributed by atoms with E-state index < -0.39 is 87.0 Å². The molecule has 12 nitrogen and oxygen atoms in total. The topological polar surface area (TPSA) is 205 Å². The van der Waals surface area contributed by atoms with E-state index in [9.17, 15) is 35.1 Å². The number of carbonyl (C=O) groups excluding carboxylic acids is 2. The van der Waals surface area contributed by atoms with Gasteiger partial charge in [0.2, 0.25) is 0 Å². The van der Waals surface area contributed by atoms with Gasteiger partial charge in [0.05, 0.1) is 11.8 Å². The molecule has 8 N–H and O–H groups in total. The Morgan fingerprint density at radius 2 is 1.85 bits per heavy atom. The van der Waals surface area contributed by atoms with Gasteiger partial charge in [0.15, 0.2) is 17.5 Å². The predicted molar refractivity (Wildman–Crippen MR) is 136 cm³/mol. The van der Waals surface area contributed by atoms with Gasteiger partial charge in [0.1, 0.15) is 34.2 Å². The molecule has 1 aromatic heterocycles. The normalized spacial score (nSPS) is 53.6. The molecule has 1 spiro atoms. The summed E-state index contributed by atoms with van der Waals surface area (Å²) in [6, 6.07) is 3.04. The molecule has 222 valence electrons. The highest BCUT2D eigenvalue weighted by molar-refractivity contribution is 5.87. The van der Waals surface area contributed by atoms with Gasteiger partial charge in [0, 0.05) is 24.6 Å². The molecule has 2 aliphatic heterocycles. The van der Waals surface area contributed by atoms with Crippen LogP contribution in [-0.4, -0.2) is 95.0 Å². The van der Waals surface area contributed by atoms with Gasteiger partial charge in [-0.15, -0.1) is 0 Å². The molecule has 0 amide bonds. The zero-order valence-electron chi connectivity index (χ0n) is 23.4. The second-order valence-corrected chi connectivity index (χ2v) is 13.4. The Morgan fingerprint density at radius 3 is 2.42 bits per heavy atom. The first kappa shape index (κ1) is 28.1. The number of aromatic amines is 1. The average Bonchev–Trinajstić information content (AvgIpc) is 3.50. The monoisotopic (exact) mass is 564 g/mol. The van der Waals surface area contributed by atoms with Crippen molar-refractivity contribution in [2.75, 3.05) is 6.54 Å². The Bertz CT molecular complexity index is 1270. The number of esters is 2. The minimum Gasteiger partial charge on any atom is -0.459 e. The molecule has 6 bridgehead atoms. The number of rotatable bonds is 6. The third-order valence-electron chi connectivity index (χ3n) is 11.9. The summed E-state index contributed by atoms with van der Waals surface area (Å²) >= 11 is 0. The van der Waals surface area contributed by atoms with Crippen molar-refractivity contribution >= 4 is 11.9 Å². The molecule has 3 heterocycles. The average molecular weight is 565 g/mol. The Hall–Kier alpha value is -2.06. The van der Waals surface area contributed by atoms with Gasteiger partial charge in [-0.2, -0.15) is 0 Å². The molecule has 2 saturated heterocycles. The minimum absolute atomic E-state index is 0.00446. The smallest absolute Gasteiger partial charge is 0.355 e. The summed E-state index contributed by atoms with van der Waals surface area (Å²) in [6.07, 6.45) is -1.84. The largest absolute Gasteiger partial charge is 0.459 e. The number of H-pyrrole nitrogens is 1. The van der Waals surface area contributed by atoms with Gasteiger partial charge >= 0.3 is 11.9 Å². The van der Waals surface area contributed by atoms with E-state index in [1.807, 2.05) is 0 Å². The first-order chi connectivity index (χ1) is 18.4. The van der Waals surface area contributed by atoms with Crippen LogP contribution >= 0.6 is 0 Å². The van der Waals surface area contributed by atoms with Crippen LogP contribution in [0.1, 0.15) is 70.8 Å². The van der Waals surface area contributed by atoms with Crippen molar-refractivity contribution in [1.82, 2.24) is 4.98 Å². The number of carbonyl (C=O) groups is 2. The van der Waals surface area contributed by atoms with E-state index in [1.165, 1.54) is 26.1 Å². The molecule has 0 aromatic carbocycles. The molecule has 7 rings (SSSR count). The Kier molecular flexibility index (Phi) is 5.37. The van der Waals surface area contributed by atoms with Crippen LogP contribution in [-0.2, 0) is 19.0 Å². The quantitative estimate of drug-likeness (QED) is 0.224. The summed E-state index contributed by atoms with van der Waals surface area (Å²) in [4.78, 5) is 28.9. The van der Waals surface area contributed by atoms with E-state index in [0.29, 0.717) is 6.42 Å². The van der Waals surface area contributed by atoms with E-state index in [-0.39, 0.29) is 25.1 Å². The predicted octanol–water partition coefficient (Wildman–Crippen LogP) is -0.288. The van der Waals surface area contributed by atoms with E-state index in [2.05, 4.69) is 4.98 Å². The van der Waals surface area contributed by atoms with Gasteiger partial charge in [0.25, 0.3) is 0 Å². The highest BCUT2D eigenvalue weighted by Crippen LogP contribution is 2.90. The first-order valence-corrected chi connectivity index (χ1v) is 14.0. The maximum Gasteiger partial charge on any atom is 0.355 e. The molecule has 11 atom stereocenters. The minimum atomic E-state index is -2.66. The van der Waals surface area contributed by atoms with E-state index in [4.69, 9.17) is 19.9 Å². The van der Waals surface area contributed by atoms with E-state index in [0.717, 1.165) is 0 Å². The number of hydrogen-bond acceptors (Lipinski definition) is 11. The molecule has 0 unspecified atom stereocenters. The van der Waals surface area contributed by atoms with Crippen molar-refractivity contribution in [2.45, 2.75) is 106 Å². The Labute approximate surface area is 231 Å². The fourth-order valence-electron chi connectivity index (χ4n) is 10.1. The number of hydrogen-bond donors (Lipinski definition) is 7. The van der Waals surface area contributed by atoms with Crippen molar-refractivity contribution in [3.8, 4) is 0 Å². The summed E-state index contributed by atoms with van der Waals surface area (Å²) in [5, 5.41) is 63.9. The molecular weight excluding hydrogens is 524 g/mol. The molecule has 0 radical (unpaired) electrons. The van der Waals surface area contributed by atoms with Crippen molar-refractivity contribution in [3.05, 3.63) is 24.0 Å². The fraction of sp³-hybridized carbons (Fsp3) is 0.786. The van der Waals surface area contributed by atoms with Crippen LogP contribution in [0.2, 0.25) is 0 Å².